The van der Waals surface area contributed by atoms with E-state index in [4.69, 9.17) is 4.74 Å². The Morgan fingerprint density at radius 1 is 1.11 bits per heavy atom. The van der Waals surface area contributed by atoms with Gasteiger partial charge in [0.15, 0.2) is 12.4 Å². The molecule has 0 spiro atoms. The maximum atomic E-state index is 12.0. The van der Waals surface area contributed by atoms with Crippen LogP contribution >= 0.6 is 0 Å². The molecule has 1 amide bonds. The van der Waals surface area contributed by atoms with Crippen LogP contribution in [0, 0.1) is 12.8 Å². The van der Waals surface area contributed by atoms with E-state index < -0.39 is 17.8 Å². The Morgan fingerprint density at radius 3 is 2.52 bits per heavy atom. The van der Waals surface area contributed by atoms with E-state index in [2.05, 4.69) is 5.32 Å². The number of hydrogen-bond acceptors (Lipinski definition) is 4. The number of ketones is 1. The molecule has 6 heteroatoms. The summed E-state index contributed by atoms with van der Waals surface area (Å²) >= 11 is 0. The molecule has 1 unspecified atom stereocenters. The van der Waals surface area contributed by atoms with Crippen molar-refractivity contribution in [3.63, 3.8) is 0 Å². The predicted octanol–water partition coefficient (Wildman–Crippen LogP) is 2.64. The summed E-state index contributed by atoms with van der Waals surface area (Å²) in [5.74, 6) is -1.79. The number of carboxylic acids is 1. The first-order valence-electron chi connectivity index (χ1n) is 8.64. The fourth-order valence-electron chi connectivity index (χ4n) is 2.61. The van der Waals surface area contributed by atoms with Crippen molar-refractivity contribution >= 4 is 17.7 Å². The highest BCUT2D eigenvalue weighted by Crippen LogP contribution is 2.14. The Labute approximate surface area is 158 Å². The summed E-state index contributed by atoms with van der Waals surface area (Å²) in [7, 11) is 0. The molecule has 6 nitrogen and oxygen atoms in total. The zero-order valence-corrected chi connectivity index (χ0v) is 15.4. The summed E-state index contributed by atoms with van der Waals surface area (Å²) in [6.07, 6.45) is 0.332. The second-order valence-corrected chi connectivity index (χ2v) is 6.41. The van der Waals surface area contributed by atoms with Gasteiger partial charge < -0.3 is 15.2 Å². The minimum Gasteiger partial charge on any atom is -0.484 e. The van der Waals surface area contributed by atoms with Crippen LogP contribution < -0.4 is 10.1 Å². The highest BCUT2D eigenvalue weighted by molar-refractivity contribution is 5.94. The van der Waals surface area contributed by atoms with Crippen molar-refractivity contribution in [3.05, 3.63) is 65.2 Å². The second kappa shape index (κ2) is 9.52. The number of rotatable bonds is 9. The van der Waals surface area contributed by atoms with Crippen molar-refractivity contribution in [2.24, 2.45) is 5.92 Å². The lowest BCUT2D eigenvalue weighted by molar-refractivity contribution is -0.141. The molecule has 2 rings (SSSR count). The maximum Gasteiger partial charge on any atom is 0.308 e. The summed E-state index contributed by atoms with van der Waals surface area (Å²) in [5.41, 5.74) is 2.47. The van der Waals surface area contributed by atoms with E-state index in [9.17, 15) is 19.5 Å². The lowest BCUT2D eigenvalue weighted by atomic mass is 9.98. The van der Waals surface area contributed by atoms with Crippen molar-refractivity contribution in [1.29, 1.82) is 0 Å². The number of carbonyl (C=O) groups excluding carboxylic acids is 2. The molecule has 0 aliphatic heterocycles. The predicted molar refractivity (Wildman–Crippen MR) is 101 cm³/mol. The number of nitrogens with one attached hydrogen (secondary N) is 1. The largest absolute Gasteiger partial charge is 0.484 e. The van der Waals surface area contributed by atoms with Crippen LogP contribution in [0.25, 0.3) is 0 Å². The number of aliphatic carboxylic acids is 1. The molecule has 2 N–H and O–H groups in total. The van der Waals surface area contributed by atoms with Gasteiger partial charge in [0, 0.05) is 12.1 Å². The van der Waals surface area contributed by atoms with E-state index >= 15 is 0 Å². The fourth-order valence-corrected chi connectivity index (χ4v) is 2.61. The topological polar surface area (TPSA) is 92.7 Å². The fraction of sp³-hybridized carbons (Fsp3) is 0.286. The van der Waals surface area contributed by atoms with Crippen LogP contribution in [-0.2, 0) is 16.0 Å². The Kier molecular flexibility index (Phi) is 7.11. The zero-order valence-electron chi connectivity index (χ0n) is 15.4. The van der Waals surface area contributed by atoms with Crippen LogP contribution in [0.2, 0.25) is 0 Å². The molecule has 0 heterocycles. The molecule has 0 saturated heterocycles. The van der Waals surface area contributed by atoms with Crippen molar-refractivity contribution in [1.82, 2.24) is 5.32 Å². The average Bonchev–Trinajstić information content (AvgIpc) is 2.63. The third kappa shape index (κ3) is 6.58. The summed E-state index contributed by atoms with van der Waals surface area (Å²) in [4.78, 5) is 34.8. The molecular weight excluding hydrogens is 346 g/mol. The van der Waals surface area contributed by atoms with E-state index in [1.54, 1.807) is 24.3 Å². The van der Waals surface area contributed by atoms with Gasteiger partial charge >= 0.3 is 5.97 Å². The molecule has 0 radical (unpaired) electrons. The monoisotopic (exact) mass is 369 g/mol. The first-order chi connectivity index (χ1) is 12.8. The molecule has 2 aromatic carbocycles. The normalized spacial score (nSPS) is 11.5. The summed E-state index contributed by atoms with van der Waals surface area (Å²) in [6.45, 7) is 3.16. The number of Topliss-reactive ketones (excluding diaryl/α,β-unsaturated/α-hetero) is 1. The molecule has 2 aromatic rings. The molecule has 27 heavy (non-hydrogen) atoms. The van der Waals surface area contributed by atoms with Crippen LogP contribution in [-0.4, -0.2) is 35.9 Å². The van der Waals surface area contributed by atoms with Crippen molar-refractivity contribution in [2.45, 2.75) is 20.3 Å². The van der Waals surface area contributed by atoms with Crippen LogP contribution in [0.3, 0.4) is 0 Å². The SMILES string of the molecule is CC(=O)c1cccc(OCC(=O)NCC(Cc2cccc(C)c2)C(=O)O)c1. The van der Waals surface area contributed by atoms with Crippen molar-refractivity contribution in [2.75, 3.05) is 13.2 Å². The van der Waals surface area contributed by atoms with Crippen LogP contribution in [0.5, 0.6) is 5.75 Å². The highest BCUT2D eigenvalue weighted by Gasteiger charge is 2.19. The molecule has 0 aromatic heterocycles. The molecule has 1 atom stereocenters. The molecule has 142 valence electrons. The second-order valence-electron chi connectivity index (χ2n) is 6.41. The first kappa shape index (κ1) is 20.2. The zero-order chi connectivity index (χ0) is 19.8. The number of carbonyl (C=O) groups is 3. The van der Waals surface area contributed by atoms with E-state index in [1.807, 2.05) is 31.2 Å². The summed E-state index contributed by atoms with van der Waals surface area (Å²) < 4.78 is 5.37. The van der Waals surface area contributed by atoms with Gasteiger partial charge in [0.1, 0.15) is 5.75 Å². The van der Waals surface area contributed by atoms with E-state index in [0.717, 1.165) is 11.1 Å². The molecule has 0 fully saturated rings. The molecule has 0 aliphatic rings. The average molecular weight is 369 g/mol. The minimum atomic E-state index is -0.966. The van der Waals surface area contributed by atoms with Gasteiger partial charge in [0.25, 0.3) is 5.91 Å². The summed E-state index contributed by atoms with van der Waals surface area (Å²) in [5, 5.41) is 12.0. The maximum absolute atomic E-state index is 12.0. The Hall–Kier alpha value is -3.15. The van der Waals surface area contributed by atoms with E-state index in [-0.39, 0.29) is 18.9 Å². The smallest absolute Gasteiger partial charge is 0.308 e. The third-order valence-corrected chi connectivity index (χ3v) is 4.07. The van der Waals surface area contributed by atoms with Gasteiger partial charge in [0.2, 0.25) is 0 Å². The van der Waals surface area contributed by atoms with Gasteiger partial charge in [-0.1, -0.05) is 42.0 Å². The van der Waals surface area contributed by atoms with Crippen LogP contribution in [0.15, 0.2) is 48.5 Å². The lowest BCUT2D eigenvalue weighted by Crippen LogP contribution is -2.36. The molecule has 0 saturated carbocycles. The highest BCUT2D eigenvalue weighted by atomic mass is 16.5. The number of aryl methyl sites for hydroxylation is 1. The standard InChI is InChI=1S/C21H23NO5/c1-14-5-3-6-16(9-14)10-18(21(25)26)12-22-20(24)13-27-19-8-4-7-17(11-19)15(2)23/h3-9,11,18H,10,12-13H2,1-2H3,(H,22,24)(H,25,26). The number of amides is 1. The molecule has 0 bridgehead atoms. The minimum absolute atomic E-state index is 0.0129. The van der Waals surface area contributed by atoms with Crippen molar-refractivity contribution < 1.29 is 24.2 Å². The Balaban J connectivity index is 1.86. The van der Waals surface area contributed by atoms with Gasteiger partial charge in [-0.25, -0.2) is 0 Å². The quantitative estimate of drug-likeness (QED) is 0.663. The Morgan fingerprint density at radius 2 is 1.85 bits per heavy atom. The van der Waals surface area contributed by atoms with Gasteiger partial charge in [0.05, 0.1) is 5.92 Å². The van der Waals surface area contributed by atoms with Gasteiger partial charge in [-0.15, -0.1) is 0 Å². The number of benzene rings is 2. The van der Waals surface area contributed by atoms with Crippen molar-refractivity contribution in [3.8, 4) is 5.75 Å². The first-order valence-corrected chi connectivity index (χ1v) is 8.64. The molecular formula is C21H23NO5. The number of ether oxygens (including phenoxy) is 1. The number of hydrogen-bond donors (Lipinski definition) is 2. The third-order valence-electron chi connectivity index (χ3n) is 4.07. The van der Waals surface area contributed by atoms with Crippen LogP contribution in [0.1, 0.15) is 28.4 Å². The van der Waals surface area contributed by atoms with Gasteiger partial charge in [-0.2, -0.15) is 0 Å². The summed E-state index contributed by atoms with van der Waals surface area (Å²) in [6, 6.07) is 14.2. The van der Waals surface area contributed by atoms with E-state index in [0.29, 0.717) is 17.7 Å². The van der Waals surface area contributed by atoms with Gasteiger partial charge in [-0.3, -0.25) is 14.4 Å². The molecule has 0 aliphatic carbocycles. The van der Waals surface area contributed by atoms with Gasteiger partial charge in [-0.05, 0) is 38.0 Å². The lowest BCUT2D eigenvalue weighted by Gasteiger charge is -2.14. The number of carboxylic acid groups (broad SMARTS) is 1. The Bertz CT molecular complexity index is 831. The van der Waals surface area contributed by atoms with Crippen LogP contribution in [0.4, 0.5) is 0 Å². The van der Waals surface area contributed by atoms with E-state index in [1.165, 1.54) is 6.92 Å².